The first-order valence-electron chi connectivity index (χ1n) is 9.13. The minimum absolute atomic E-state index is 0.308. The standard InChI is InChI=1S/C19H23N5O2S2/c1-18(2,3)24-28(25,26)19(8-9-19)12-21-15-13-7-11-27-17(13)23-16(22-15)14-6-4-5-10-20-14/h4-7,10-11,24H,8-9,12H2,1-3H3,(H,21,22,23). The van der Waals surface area contributed by atoms with Crippen LogP contribution in [0.5, 0.6) is 0 Å². The highest BCUT2D eigenvalue weighted by Crippen LogP contribution is 2.44. The van der Waals surface area contributed by atoms with Crippen LogP contribution in [-0.2, 0) is 10.0 Å². The predicted octanol–water partition coefficient (Wildman–Crippen LogP) is 3.42. The summed E-state index contributed by atoms with van der Waals surface area (Å²) >= 11 is 1.52. The SMILES string of the molecule is CC(C)(C)NS(=O)(=O)C1(CNc2nc(-c3ccccn3)nc3sccc23)CC1. The molecule has 0 saturated heterocycles. The van der Waals surface area contributed by atoms with Crippen LogP contribution in [0.3, 0.4) is 0 Å². The summed E-state index contributed by atoms with van der Waals surface area (Å²) in [5.41, 5.74) is 0.180. The van der Waals surface area contributed by atoms with Gasteiger partial charge in [-0.1, -0.05) is 6.07 Å². The molecule has 0 spiro atoms. The molecule has 1 saturated carbocycles. The number of pyridine rings is 1. The average molecular weight is 418 g/mol. The number of sulfonamides is 1. The Bertz CT molecular complexity index is 1100. The molecule has 0 aliphatic heterocycles. The Morgan fingerprint density at radius 1 is 1.18 bits per heavy atom. The molecule has 3 heterocycles. The van der Waals surface area contributed by atoms with Crippen molar-refractivity contribution in [3.05, 3.63) is 35.8 Å². The second kappa shape index (κ2) is 6.75. The van der Waals surface area contributed by atoms with Gasteiger partial charge in [-0.15, -0.1) is 11.3 Å². The van der Waals surface area contributed by atoms with E-state index in [1.165, 1.54) is 11.3 Å². The van der Waals surface area contributed by atoms with Crippen molar-refractivity contribution in [2.24, 2.45) is 0 Å². The third-order valence-electron chi connectivity index (χ3n) is 4.62. The lowest BCUT2D eigenvalue weighted by Gasteiger charge is -2.25. The van der Waals surface area contributed by atoms with Gasteiger partial charge in [0.05, 0.1) is 5.39 Å². The quantitative estimate of drug-likeness (QED) is 0.638. The Morgan fingerprint density at radius 3 is 2.61 bits per heavy atom. The second-order valence-corrected chi connectivity index (χ2v) is 11.1. The summed E-state index contributed by atoms with van der Waals surface area (Å²) in [6, 6.07) is 7.54. The van der Waals surface area contributed by atoms with Crippen molar-refractivity contribution in [2.75, 3.05) is 11.9 Å². The number of fused-ring (bicyclic) bond motifs is 1. The van der Waals surface area contributed by atoms with Crippen LogP contribution in [0.4, 0.5) is 5.82 Å². The number of nitrogens with zero attached hydrogens (tertiary/aromatic N) is 3. The number of rotatable bonds is 6. The molecular formula is C19H23N5O2S2. The Kier molecular flexibility index (Phi) is 4.64. The molecular weight excluding hydrogens is 394 g/mol. The monoisotopic (exact) mass is 417 g/mol. The lowest BCUT2D eigenvalue weighted by atomic mass is 10.1. The molecule has 2 N–H and O–H groups in total. The lowest BCUT2D eigenvalue weighted by Crippen LogP contribution is -2.48. The van der Waals surface area contributed by atoms with E-state index < -0.39 is 20.3 Å². The molecule has 148 valence electrons. The smallest absolute Gasteiger partial charge is 0.219 e. The Hall–Kier alpha value is -2.10. The molecule has 9 heteroatoms. The van der Waals surface area contributed by atoms with E-state index >= 15 is 0 Å². The van der Waals surface area contributed by atoms with Crippen molar-refractivity contribution in [3.8, 4) is 11.5 Å². The normalized spacial score (nSPS) is 16.2. The van der Waals surface area contributed by atoms with Gasteiger partial charge >= 0.3 is 0 Å². The van der Waals surface area contributed by atoms with Gasteiger partial charge in [-0.05, 0) is 57.2 Å². The van der Waals surface area contributed by atoms with E-state index in [0.29, 0.717) is 36.7 Å². The van der Waals surface area contributed by atoms with Crippen molar-refractivity contribution >= 4 is 37.4 Å². The van der Waals surface area contributed by atoms with Gasteiger partial charge in [0.25, 0.3) is 0 Å². The molecule has 0 radical (unpaired) electrons. The third-order valence-corrected chi connectivity index (χ3v) is 8.00. The number of hydrogen-bond acceptors (Lipinski definition) is 7. The molecule has 4 rings (SSSR count). The minimum atomic E-state index is -3.44. The van der Waals surface area contributed by atoms with Gasteiger partial charge in [0.1, 0.15) is 21.1 Å². The summed E-state index contributed by atoms with van der Waals surface area (Å²) in [4.78, 5) is 14.4. The Labute approximate surface area is 168 Å². The molecule has 3 aromatic rings. The minimum Gasteiger partial charge on any atom is -0.368 e. The molecule has 0 aromatic carbocycles. The van der Waals surface area contributed by atoms with Crippen LogP contribution in [0.2, 0.25) is 0 Å². The maximum Gasteiger partial charge on any atom is 0.219 e. The molecule has 1 aliphatic carbocycles. The summed E-state index contributed by atoms with van der Waals surface area (Å²) in [7, 11) is -3.44. The highest BCUT2D eigenvalue weighted by Gasteiger charge is 2.55. The maximum absolute atomic E-state index is 12.9. The molecule has 28 heavy (non-hydrogen) atoms. The van der Waals surface area contributed by atoms with Crippen molar-refractivity contribution in [1.29, 1.82) is 0 Å². The molecule has 0 unspecified atom stereocenters. The summed E-state index contributed by atoms with van der Waals surface area (Å²) < 4.78 is 27.7. The molecule has 0 bridgehead atoms. The first kappa shape index (κ1) is 19.2. The number of aromatic nitrogens is 3. The number of anilines is 1. The number of nitrogens with one attached hydrogen (secondary N) is 2. The molecule has 1 fully saturated rings. The molecule has 0 amide bonds. The van der Waals surface area contributed by atoms with Crippen LogP contribution in [0.25, 0.3) is 21.7 Å². The van der Waals surface area contributed by atoms with Crippen LogP contribution in [0.1, 0.15) is 33.6 Å². The molecule has 1 aliphatic rings. The van der Waals surface area contributed by atoms with Crippen molar-refractivity contribution in [1.82, 2.24) is 19.7 Å². The van der Waals surface area contributed by atoms with Crippen LogP contribution < -0.4 is 10.0 Å². The Balaban J connectivity index is 1.63. The summed E-state index contributed by atoms with van der Waals surface area (Å²) in [5.74, 6) is 1.17. The largest absolute Gasteiger partial charge is 0.368 e. The Morgan fingerprint density at radius 2 is 1.96 bits per heavy atom. The van der Waals surface area contributed by atoms with Gasteiger partial charge in [0, 0.05) is 18.3 Å². The zero-order chi connectivity index (χ0) is 20.0. The highest BCUT2D eigenvalue weighted by molar-refractivity contribution is 7.91. The fraction of sp³-hybridized carbons (Fsp3) is 0.421. The van der Waals surface area contributed by atoms with Gasteiger partial charge in [0.2, 0.25) is 10.0 Å². The van der Waals surface area contributed by atoms with Crippen LogP contribution in [-0.4, -0.2) is 40.2 Å². The zero-order valence-electron chi connectivity index (χ0n) is 16.1. The first-order valence-corrected chi connectivity index (χ1v) is 11.5. The third kappa shape index (κ3) is 3.74. The number of hydrogen-bond donors (Lipinski definition) is 2. The van der Waals surface area contributed by atoms with Crippen LogP contribution in [0.15, 0.2) is 35.8 Å². The lowest BCUT2D eigenvalue weighted by molar-refractivity contribution is 0.482. The molecule has 7 nitrogen and oxygen atoms in total. The van der Waals surface area contributed by atoms with Crippen molar-refractivity contribution in [2.45, 2.75) is 43.9 Å². The summed E-state index contributed by atoms with van der Waals surface area (Å²) in [5, 5.41) is 6.13. The van der Waals surface area contributed by atoms with E-state index in [0.717, 1.165) is 10.2 Å². The summed E-state index contributed by atoms with van der Waals surface area (Å²) in [6.07, 6.45) is 2.97. The van der Waals surface area contributed by atoms with Crippen LogP contribution >= 0.6 is 11.3 Å². The average Bonchev–Trinajstić information content (AvgIpc) is 3.28. The van der Waals surface area contributed by atoms with Crippen molar-refractivity contribution < 1.29 is 8.42 Å². The zero-order valence-corrected chi connectivity index (χ0v) is 17.7. The topological polar surface area (TPSA) is 96.9 Å². The predicted molar refractivity (Wildman–Crippen MR) is 113 cm³/mol. The van der Waals surface area contributed by atoms with E-state index in [-0.39, 0.29) is 0 Å². The fourth-order valence-corrected chi connectivity index (χ4v) is 5.72. The fourth-order valence-electron chi connectivity index (χ4n) is 3.04. The van der Waals surface area contributed by atoms with E-state index in [4.69, 9.17) is 0 Å². The van der Waals surface area contributed by atoms with Gasteiger partial charge in [0.15, 0.2) is 5.82 Å². The van der Waals surface area contributed by atoms with Gasteiger partial charge in [-0.25, -0.2) is 23.1 Å². The summed E-state index contributed by atoms with van der Waals surface area (Å²) in [6.45, 7) is 5.87. The van der Waals surface area contributed by atoms with E-state index in [9.17, 15) is 8.42 Å². The first-order chi connectivity index (χ1) is 13.2. The maximum atomic E-state index is 12.9. The van der Waals surface area contributed by atoms with E-state index in [2.05, 4.69) is 25.0 Å². The second-order valence-electron chi connectivity index (χ2n) is 8.14. The van der Waals surface area contributed by atoms with Crippen LogP contribution in [0, 0.1) is 0 Å². The van der Waals surface area contributed by atoms with E-state index in [1.54, 1.807) is 6.20 Å². The number of thiophene rings is 1. The highest BCUT2D eigenvalue weighted by atomic mass is 32.2. The van der Waals surface area contributed by atoms with Crippen molar-refractivity contribution in [3.63, 3.8) is 0 Å². The van der Waals surface area contributed by atoms with E-state index in [1.807, 2.05) is 50.4 Å². The molecule has 3 aromatic heterocycles. The molecule has 0 atom stereocenters. The van der Waals surface area contributed by atoms with Gasteiger partial charge in [-0.2, -0.15) is 0 Å². The van der Waals surface area contributed by atoms with Gasteiger partial charge in [-0.3, -0.25) is 4.98 Å². The van der Waals surface area contributed by atoms with Gasteiger partial charge < -0.3 is 5.32 Å².